The Morgan fingerprint density at radius 3 is 2.65 bits per heavy atom. The predicted molar refractivity (Wildman–Crippen MR) is 141 cm³/mol. The number of carboxylic acid groups (broad SMARTS) is 1. The number of pyridine rings is 3. The molecule has 2 amide bonds. The standard InChI is InChI=1S/C26H25N7O7/c34-21-12-39-18-4-6-20(28-23(18)30-21)33-10-15(40-26(33)38)7-27-13-8-31(9-13)19-5-3-16-22(35)17(25(36)37)11-32(14-1-2-14)24(16)29-19/h3-6,11,13-15,27H,1-2,7-10,12H2,(H,36,37)(H,28,30,34)/t15-/m1/s1. The molecule has 3 N–H and O–H groups in total. The van der Waals surface area contributed by atoms with Gasteiger partial charge in [0.05, 0.1) is 11.9 Å². The first-order valence-corrected chi connectivity index (χ1v) is 13.0. The number of nitrogens with zero attached hydrogens (tertiary/aromatic N) is 5. The third-order valence-corrected chi connectivity index (χ3v) is 7.48. The lowest BCUT2D eigenvalue weighted by Gasteiger charge is -2.41. The fourth-order valence-electron chi connectivity index (χ4n) is 5.19. The molecule has 3 aromatic rings. The van der Waals surface area contributed by atoms with E-state index < -0.39 is 17.5 Å². The zero-order chi connectivity index (χ0) is 27.5. The van der Waals surface area contributed by atoms with Crippen LogP contribution in [0.4, 0.5) is 22.2 Å². The van der Waals surface area contributed by atoms with E-state index in [4.69, 9.17) is 14.5 Å². The number of hydrogen-bond acceptors (Lipinski definition) is 10. The van der Waals surface area contributed by atoms with Crippen LogP contribution in [0.15, 0.2) is 35.3 Å². The number of hydrogen-bond donors (Lipinski definition) is 3. The first-order valence-electron chi connectivity index (χ1n) is 13.0. The summed E-state index contributed by atoms with van der Waals surface area (Å²) in [6.45, 7) is 2.05. The number of carbonyl (C=O) groups excluding carboxylic acids is 2. The number of aromatic nitrogens is 3. The zero-order valence-corrected chi connectivity index (χ0v) is 21.2. The molecule has 40 heavy (non-hydrogen) atoms. The molecule has 0 aromatic carbocycles. The van der Waals surface area contributed by atoms with Crippen molar-refractivity contribution in [2.24, 2.45) is 0 Å². The molecular weight excluding hydrogens is 522 g/mol. The van der Waals surface area contributed by atoms with Crippen molar-refractivity contribution in [3.8, 4) is 5.75 Å². The van der Waals surface area contributed by atoms with Crippen LogP contribution in [0.3, 0.4) is 0 Å². The predicted octanol–water partition coefficient (Wildman–Crippen LogP) is 0.959. The van der Waals surface area contributed by atoms with Crippen LogP contribution in [0, 0.1) is 0 Å². The Bertz CT molecular complexity index is 1630. The molecule has 1 saturated carbocycles. The highest BCUT2D eigenvalue weighted by Gasteiger charge is 2.36. The molecule has 1 atom stereocenters. The number of rotatable bonds is 7. The number of amides is 2. The zero-order valence-electron chi connectivity index (χ0n) is 21.2. The number of cyclic esters (lactones) is 1. The van der Waals surface area contributed by atoms with Gasteiger partial charge in [0.25, 0.3) is 5.91 Å². The van der Waals surface area contributed by atoms with E-state index in [-0.39, 0.29) is 42.1 Å². The molecule has 7 rings (SSSR count). The second kappa shape index (κ2) is 9.19. The van der Waals surface area contributed by atoms with Gasteiger partial charge in [-0.3, -0.25) is 14.5 Å². The van der Waals surface area contributed by atoms with Crippen molar-refractivity contribution in [2.75, 3.05) is 47.9 Å². The van der Waals surface area contributed by atoms with E-state index in [9.17, 15) is 24.3 Å². The van der Waals surface area contributed by atoms with Crippen LogP contribution in [-0.4, -0.2) is 82.5 Å². The van der Waals surface area contributed by atoms with Crippen molar-refractivity contribution in [1.82, 2.24) is 19.9 Å². The summed E-state index contributed by atoms with van der Waals surface area (Å²) < 4.78 is 12.7. The topological polar surface area (TPSA) is 168 Å². The highest BCUT2D eigenvalue weighted by Crippen LogP contribution is 2.37. The molecule has 0 bridgehead atoms. The van der Waals surface area contributed by atoms with Gasteiger partial charge in [-0.2, -0.15) is 0 Å². The van der Waals surface area contributed by atoms with Gasteiger partial charge in [-0.05, 0) is 37.1 Å². The molecular formula is C26H25N7O7. The van der Waals surface area contributed by atoms with E-state index in [2.05, 4.69) is 20.5 Å². The minimum Gasteiger partial charge on any atom is -0.480 e. The quantitative estimate of drug-likeness (QED) is 0.385. The maximum absolute atomic E-state index is 12.7. The average molecular weight is 548 g/mol. The van der Waals surface area contributed by atoms with Crippen molar-refractivity contribution in [2.45, 2.75) is 31.0 Å². The largest absolute Gasteiger partial charge is 0.480 e. The van der Waals surface area contributed by atoms with Crippen molar-refractivity contribution < 1.29 is 29.0 Å². The Morgan fingerprint density at radius 2 is 1.88 bits per heavy atom. The van der Waals surface area contributed by atoms with E-state index in [1.807, 2.05) is 4.57 Å². The maximum atomic E-state index is 12.7. The molecule has 14 heteroatoms. The summed E-state index contributed by atoms with van der Waals surface area (Å²) in [5.41, 5.74) is -0.256. The lowest BCUT2D eigenvalue weighted by atomic mass is 10.1. The number of nitrogens with one attached hydrogen (secondary N) is 2. The van der Waals surface area contributed by atoms with Crippen LogP contribution < -0.4 is 30.6 Å². The summed E-state index contributed by atoms with van der Waals surface area (Å²) in [6.07, 6.45) is 2.38. The molecule has 14 nitrogen and oxygen atoms in total. The molecule has 3 fully saturated rings. The van der Waals surface area contributed by atoms with Gasteiger partial charge in [0.2, 0.25) is 5.43 Å². The summed E-state index contributed by atoms with van der Waals surface area (Å²) in [6, 6.07) is 7.03. The summed E-state index contributed by atoms with van der Waals surface area (Å²) in [4.78, 5) is 60.9. The first-order chi connectivity index (χ1) is 19.3. The number of aromatic carboxylic acids is 1. The van der Waals surface area contributed by atoms with E-state index in [1.54, 1.807) is 24.3 Å². The van der Waals surface area contributed by atoms with Crippen molar-refractivity contribution >= 4 is 46.5 Å². The van der Waals surface area contributed by atoms with Gasteiger partial charge in [-0.15, -0.1) is 0 Å². The molecule has 206 valence electrons. The highest BCUT2D eigenvalue weighted by molar-refractivity contribution is 5.95. The molecule has 1 aliphatic carbocycles. The molecule has 2 saturated heterocycles. The molecule has 6 heterocycles. The lowest BCUT2D eigenvalue weighted by Crippen LogP contribution is -2.59. The smallest absolute Gasteiger partial charge is 0.416 e. The van der Waals surface area contributed by atoms with Gasteiger partial charge in [-0.1, -0.05) is 0 Å². The average Bonchev–Trinajstić information content (AvgIpc) is 3.69. The van der Waals surface area contributed by atoms with Crippen LogP contribution in [0.25, 0.3) is 11.0 Å². The number of ether oxygens (including phenoxy) is 2. The van der Waals surface area contributed by atoms with Crippen LogP contribution in [0.1, 0.15) is 29.2 Å². The SMILES string of the molecule is O=C1COc2ccc(N3C[C@@H](CNC4CN(c5ccc6c(=O)c(C(=O)O)cn(C7CC7)c6n5)C4)OC3=O)nc2N1. The molecule has 4 aliphatic rings. The molecule has 0 spiro atoms. The van der Waals surface area contributed by atoms with Crippen LogP contribution in [-0.2, 0) is 9.53 Å². The van der Waals surface area contributed by atoms with Crippen LogP contribution >= 0.6 is 0 Å². The van der Waals surface area contributed by atoms with Crippen molar-refractivity contribution in [1.29, 1.82) is 0 Å². The number of fused-ring (bicyclic) bond motifs is 2. The van der Waals surface area contributed by atoms with Gasteiger partial charge in [0, 0.05) is 37.9 Å². The summed E-state index contributed by atoms with van der Waals surface area (Å²) in [5.74, 6) is 0.271. The molecule has 3 aliphatic heterocycles. The van der Waals surface area contributed by atoms with E-state index in [1.165, 1.54) is 11.1 Å². The van der Waals surface area contributed by atoms with Crippen molar-refractivity contribution in [3.63, 3.8) is 0 Å². The number of anilines is 3. The minimum atomic E-state index is -1.24. The van der Waals surface area contributed by atoms with E-state index in [0.717, 1.165) is 18.7 Å². The van der Waals surface area contributed by atoms with E-state index >= 15 is 0 Å². The van der Waals surface area contributed by atoms with Gasteiger partial charge in [0.1, 0.15) is 29.0 Å². The van der Waals surface area contributed by atoms with Crippen LogP contribution in [0.2, 0.25) is 0 Å². The van der Waals surface area contributed by atoms with Crippen LogP contribution in [0.5, 0.6) is 5.75 Å². The molecule has 0 radical (unpaired) electrons. The maximum Gasteiger partial charge on any atom is 0.416 e. The van der Waals surface area contributed by atoms with Gasteiger partial charge < -0.3 is 34.7 Å². The summed E-state index contributed by atoms with van der Waals surface area (Å²) >= 11 is 0. The Balaban J connectivity index is 0.976. The summed E-state index contributed by atoms with van der Waals surface area (Å²) in [5, 5.41) is 15.8. The minimum absolute atomic E-state index is 0.0712. The Morgan fingerprint density at radius 1 is 1.07 bits per heavy atom. The Kier molecular flexibility index (Phi) is 5.59. The van der Waals surface area contributed by atoms with E-state index in [0.29, 0.717) is 48.8 Å². The molecule has 0 unspecified atom stereocenters. The monoisotopic (exact) mass is 547 g/mol. The summed E-state index contributed by atoms with van der Waals surface area (Å²) in [7, 11) is 0. The van der Waals surface area contributed by atoms with Gasteiger partial charge in [-0.25, -0.2) is 19.6 Å². The highest BCUT2D eigenvalue weighted by atomic mass is 16.6. The fraction of sp³-hybridized carbons (Fsp3) is 0.385. The normalized spacial score (nSPS) is 20.6. The number of carboxylic acids is 1. The first kappa shape index (κ1) is 24.3. The second-order valence-corrected chi connectivity index (χ2v) is 10.3. The Labute approximate surface area is 226 Å². The number of carbonyl (C=O) groups is 3. The van der Waals surface area contributed by atoms with Gasteiger partial charge >= 0.3 is 12.1 Å². The lowest BCUT2D eigenvalue weighted by molar-refractivity contribution is -0.118. The van der Waals surface area contributed by atoms with Gasteiger partial charge in [0.15, 0.2) is 18.2 Å². The molecule has 3 aromatic heterocycles. The Hall–Kier alpha value is -4.72. The van der Waals surface area contributed by atoms with Crippen molar-refractivity contribution in [3.05, 3.63) is 46.2 Å². The fourth-order valence-corrected chi connectivity index (χ4v) is 5.19. The second-order valence-electron chi connectivity index (χ2n) is 10.3. The third-order valence-electron chi connectivity index (χ3n) is 7.48. The third kappa shape index (κ3) is 4.25.